The van der Waals surface area contributed by atoms with Crippen molar-refractivity contribution >= 4 is 28.5 Å². The van der Waals surface area contributed by atoms with E-state index in [0.29, 0.717) is 28.5 Å². The van der Waals surface area contributed by atoms with Crippen molar-refractivity contribution in [1.29, 1.82) is 0 Å². The molecule has 0 aliphatic heterocycles. The van der Waals surface area contributed by atoms with Crippen LogP contribution in [-0.4, -0.2) is 17.2 Å². The summed E-state index contributed by atoms with van der Waals surface area (Å²) >= 11 is 5.84. The van der Waals surface area contributed by atoms with Crippen LogP contribution >= 0.6 is 11.6 Å². The van der Waals surface area contributed by atoms with Crippen LogP contribution in [0.5, 0.6) is 5.75 Å². The van der Waals surface area contributed by atoms with E-state index in [1.54, 1.807) is 49.0 Å². The van der Waals surface area contributed by atoms with Crippen molar-refractivity contribution in [2.75, 3.05) is 0 Å². The lowest BCUT2D eigenvalue weighted by molar-refractivity contribution is -0.144. The number of fused-ring (bicyclic) bond motifs is 1. The summed E-state index contributed by atoms with van der Waals surface area (Å²) in [4.78, 5) is 11.0. The summed E-state index contributed by atoms with van der Waals surface area (Å²) in [6, 6.07) is 5.27. The summed E-state index contributed by atoms with van der Waals surface area (Å²) < 4.78 is 16.7. The summed E-state index contributed by atoms with van der Waals surface area (Å²) in [5.74, 6) is 0.158. The Balaban J connectivity index is 2.13. The molecule has 1 atom stereocenters. The Morgan fingerprint density at radius 2 is 2.17 bits per heavy atom. The Labute approximate surface area is 181 Å². The first-order valence-electron chi connectivity index (χ1n) is 9.38. The van der Waals surface area contributed by atoms with Gasteiger partial charge in [0.15, 0.2) is 6.10 Å². The largest absolute Gasteiger partial charge is 0.479 e. The molecular formula is C24H25ClO5. The number of hydrogen-bond acceptors (Lipinski definition) is 4. The van der Waals surface area contributed by atoms with Crippen molar-refractivity contribution in [2.45, 2.75) is 33.3 Å². The van der Waals surface area contributed by atoms with Gasteiger partial charge in [-0.1, -0.05) is 29.8 Å². The summed E-state index contributed by atoms with van der Waals surface area (Å²) in [5.41, 5.74) is 2.74. The Morgan fingerprint density at radius 1 is 1.40 bits per heavy atom. The second-order valence-electron chi connectivity index (χ2n) is 6.58. The number of aliphatic carboxylic acids is 1. The van der Waals surface area contributed by atoms with Crippen LogP contribution in [0.1, 0.15) is 26.3 Å². The smallest absolute Gasteiger partial charge is 0.344 e. The van der Waals surface area contributed by atoms with Crippen LogP contribution in [0, 0.1) is 0 Å². The lowest BCUT2D eigenvalue weighted by atomic mass is 10.0. The molecule has 0 spiro atoms. The molecule has 0 aliphatic rings. The van der Waals surface area contributed by atoms with Crippen LogP contribution in [0.3, 0.4) is 0 Å². The maximum atomic E-state index is 11.0. The van der Waals surface area contributed by atoms with E-state index in [1.165, 1.54) is 6.92 Å². The molecule has 1 N–H and O–H groups in total. The zero-order chi connectivity index (χ0) is 22.1. The van der Waals surface area contributed by atoms with Crippen molar-refractivity contribution in [1.82, 2.24) is 0 Å². The fourth-order valence-electron chi connectivity index (χ4n) is 2.62. The first-order chi connectivity index (χ1) is 14.3. The summed E-state index contributed by atoms with van der Waals surface area (Å²) in [7, 11) is 0. The molecule has 2 rings (SSSR count). The molecule has 2 aromatic rings. The Hall–Kier alpha value is -3.18. The zero-order valence-corrected chi connectivity index (χ0v) is 18.0. The van der Waals surface area contributed by atoms with Gasteiger partial charge in [0.2, 0.25) is 0 Å². The molecule has 1 heterocycles. The number of benzene rings is 1. The molecule has 0 bridgehead atoms. The van der Waals surface area contributed by atoms with Crippen molar-refractivity contribution in [2.24, 2.45) is 0 Å². The van der Waals surface area contributed by atoms with Gasteiger partial charge in [0.1, 0.15) is 17.1 Å². The predicted molar refractivity (Wildman–Crippen MR) is 120 cm³/mol. The first kappa shape index (κ1) is 23.1. The lowest BCUT2D eigenvalue weighted by Gasteiger charge is -2.10. The molecule has 5 nitrogen and oxygen atoms in total. The van der Waals surface area contributed by atoms with Gasteiger partial charge in [-0.05, 0) is 69.7 Å². The average Bonchev–Trinajstić information content (AvgIpc) is 3.11. The third-order valence-electron chi connectivity index (χ3n) is 4.16. The number of carbonyl (C=O) groups is 1. The van der Waals surface area contributed by atoms with Crippen LogP contribution in [-0.2, 0) is 16.0 Å². The number of hydrogen-bond donors (Lipinski definition) is 1. The van der Waals surface area contributed by atoms with E-state index in [4.69, 9.17) is 30.6 Å². The molecular weight excluding hydrogens is 404 g/mol. The van der Waals surface area contributed by atoms with Gasteiger partial charge in [0, 0.05) is 16.0 Å². The minimum atomic E-state index is -1.02. The number of ether oxygens (including phenoxy) is 2. The molecule has 0 fully saturated rings. The molecule has 1 aromatic carbocycles. The highest BCUT2D eigenvalue weighted by Crippen LogP contribution is 2.28. The summed E-state index contributed by atoms with van der Waals surface area (Å²) in [6.45, 7) is 8.95. The van der Waals surface area contributed by atoms with Gasteiger partial charge in [-0.3, -0.25) is 0 Å². The number of halogens is 1. The van der Waals surface area contributed by atoms with E-state index < -0.39 is 12.1 Å². The zero-order valence-electron chi connectivity index (χ0n) is 17.2. The number of rotatable bonds is 10. The average molecular weight is 429 g/mol. The van der Waals surface area contributed by atoms with Crippen molar-refractivity contribution in [3.8, 4) is 5.75 Å². The second-order valence-corrected chi connectivity index (χ2v) is 7.01. The van der Waals surface area contributed by atoms with Crippen molar-refractivity contribution in [3.63, 3.8) is 0 Å². The third-order valence-corrected chi connectivity index (χ3v) is 4.44. The van der Waals surface area contributed by atoms with Crippen LogP contribution < -0.4 is 4.74 Å². The third kappa shape index (κ3) is 6.71. The molecule has 0 unspecified atom stereocenters. The molecule has 0 radical (unpaired) electrons. The number of carboxylic acids is 1. The SMILES string of the molecule is C=C/C(Cl)=C\C=C\OC(/C=C(/C)Cc1coc2ccc(O[C@@H](C)C(=O)O)cc12)=C/C. The topological polar surface area (TPSA) is 68.9 Å². The van der Waals surface area contributed by atoms with Gasteiger partial charge in [-0.2, -0.15) is 0 Å². The van der Waals surface area contributed by atoms with Crippen LogP contribution in [0.2, 0.25) is 0 Å². The highest BCUT2D eigenvalue weighted by Gasteiger charge is 2.14. The number of allylic oxidation sites excluding steroid dienone is 7. The van der Waals surface area contributed by atoms with Crippen molar-refractivity contribution in [3.05, 3.63) is 89.6 Å². The molecule has 158 valence electrons. The minimum absolute atomic E-state index is 0.482. The van der Waals surface area contributed by atoms with Gasteiger partial charge in [-0.15, -0.1) is 0 Å². The molecule has 0 saturated carbocycles. The first-order valence-corrected chi connectivity index (χ1v) is 9.76. The quantitative estimate of drug-likeness (QED) is 0.344. The molecule has 0 saturated heterocycles. The highest BCUT2D eigenvalue weighted by molar-refractivity contribution is 6.31. The molecule has 30 heavy (non-hydrogen) atoms. The predicted octanol–water partition coefficient (Wildman–Crippen LogP) is 6.52. The Morgan fingerprint density at radius 3 is 2.83 bits per heavy atom. The van der Waals surface area contributed by atoms with Crippen LogP contribution in [0.4, 0.5) is 0 Å². The fourth-order valence-corrected chi connectivity index (χ4v) is 2.70. The fraction of sp³-hybridized carbons (Fsp3) is 0.208. The number of furan rings is 1. The van der Waals surface area contributed by atoms with Gasteiger partial charge >= 0.3 is 5.97 Å². The Kier molecular flexibility index (Phi) is 8.56. The van der Waals surface area contributed by atoms with E-state index >= 15 is 0 Å². The maximum absolute atomic E-state index is 11.0. The van der Waals surface area contributed by atoms with E-state index in [1.807, 2.05) is 26.0 Å². The summed E-state index contributed by atoms with van der Waals surface area (Å²) in [6.07, 6.45) is 11.7. The molecule has 0 amide bonds. The molecule has 1 aromatic heterocycles. The second kappa shape index (κ2) is 11.1. The minimum Gasteiger partial charge on any atom is -0.479 e. The highest BCUT2D eigenvalue weighted by atomic mass is 35.5. The molecule has 0 aliphatic carbocycles. The van der Waals surface area contributed by atoms with E-state index in [-0.39, 0.29) is 0 Å². The summed E-state index contributed by atoms with van der Waals surface area (Å²) in [5, 5.41) is 10.4. The normalized spacial score (nSPS) is 14.2. The van der Waals surface area contributed by atoms with Crippen LogP contribution in [0.15, 0.2) is 88.5 Å². The lowest BCUT2D eigenvalue weighted by Crippen LogP contribution is -2.22. The van der Waals surface area contributed by atoms with Gasteiger partial charge in [0.05, 0.1) is 12.5 Å². The maximum Gasteiger partial charge on any atom is 0.344 e. The van der Waals surface area contributed by atoms with Crippen molar-refractivity contribution < 1.29 is 23.8 Å². The van der Waals surface area contributed by atoms with E-state index in [9.17, 15) is 4.79 Å². The van der Waals surface area contributed by atoms with E-state index in [2.05, 4.69) is 6.58 Å². The monoisotopic (exact) mass is 428 g/mol. The standard InChI is InChI=1S/C24H25ClO5/c1-5-19(25)8-7-11-28-20(6-2)13-16(3)12-18-15-29-23-10-9-21(14-22(18)23)30-17(4)24(26)27/h5-11,13-15,17H,1,12H2,2-4H3,(H,26,27)/b11-7+,16-13-,19-8+,20-6+/t17-/m0/s1. The molecule has 6 heteroatoms. The van der Waals surface area contributed by atoms with Gasteiger partial charge in [-0.25, -0.2) is 4.79 Å². The van der Waals surface area contributed by atoms with Crippen LogP contribution in [0.25, 0.3) is 11.0 Å². The Bertz CT molecular complexity index is 1020. The van der Waals surface area contributed by atoms with Gasteiger partial charge < -0.3 is 19.0 Å². The van der Waals surface area contributed by atoms with Gasteiger partial charge in [0.25, 0.3) is 0 Å². The van der Waals surface area contributed by atoms with E-state index in [0.717, 1.165) is 16.5 Å². The number of carboxylic acid groups (broad SMARTS) is 1.